The number of nitrogens with two attached hydrogens (primary N) is 1. The van der Waals surface area contributed by atoms with Crippen LogP contribution in [-0.2, 0) is 6.54 Å². The molecule has 0 aromatic heterocycles. The largest absolute Gasteiger partial charge is 0.611 e. The number of rotatable bonds is 6. The smallest absolute Gasteiger partial charge is 0.109 e. The number of hydrogen-bond donors (Lipinski definition) is 1. The maximum absolute atomic E-state index is 12.9. The minimum Gasteiger partial charge on any atom is -0.611 e. The zero-order valence-corrected chi connectivity index (χ0v) is 16.3. The number of hydroxylamine groups is 2. The molecule has 0 amide bonds. The molecule has 8 heteroatoms. The van der Waals surface area contributed by atoms with Crippen LogP contribution in [0, 0.1) is 27.9 Å². The summed E-state index contributed by atoms with van der Waals surface area (Å²) in [7, 11) is 0. The van der Waals surface area contributed by atoms with Gasteiger partial charge in [-0.05, 0) is 17.7 Å². The van der Waals surface area contributed by atoms with Crippen molar-refractivity contribution in [2.75, 3.05) is 37.8 Å². The van der Waals surface area contributed by atoms with Gasteiger partial charge in [0.05, 0.1) is 24.2 Å². The molecule has 2 atom stereocenters. The highest BCUT2D eigenvalue weighted by Crippen LogP contribution is 2.23. The zero-order valence-electron chi connectivity index (χ0n) is 15.5. The van der Waals surface area contributed by atoms with Crippen molar-refractivity contribution in [1.82, 2.24) is 9.80 Å². The van der Waals surface area contributed by atoms with Gasteiger partial charge in [0, 0.05) is 44.1 Å². The van der Waals surface area contributed by atoms with Crippen LogP contribution < -0.4 is 5.84 Å². The summed E-state index contributed by atoms with van der Waals surface area (Å²) in [6.07, 6.45) is 1.54. The van der Waals surface area contributed by atoms with Crippen LogP contribution in [0.2, 0.25) is 0 Å². The third-order valence-electron chi connectivity index (χ3n) is 5.50. The van der Waals surface area contributed by atoms with Gasteiger partial charge in [0.1, 0.15) is 18.6 Å². The molecule has 2 N–H and O–H groups in total. The average Bonchev–Trinajstić information content (AvgIpc) is 3.15. The number of likely N-dealkylation sites (tertiary alicyclic amines) is 1. The van der Waals surface area contributed by atoms with Crippen molar-refractivity contribution < 1.29 is 4.76 Å². The van der Waals surface area contributed by atoms with Crippen LogP contribution in [0.3, 0.4) is 0 Å². The van der Waals surface area contributed by atoms with Crippen molar-refractivity contribution in [1.29, 1.82) is 10.5 Å². The fraction of sp³-hybridized carbons (Fsp3) is 0.579. The van der Waals surface area contributed by atoms with Crippen molar-refractivity contribution in [2.45, 2.75) is 31.5 Å². The van der Waals surface area contributed by atoms with Crippen molar-refractivity contribution >= 4 is 11.8 Å². The molecule has 1 aromatic rings. The SMILES string of the molecule is N#Cc1cccc(CN2CCC([N+](N)([O-])CCN3CSCC3C#N)CC2)c1. The van der Waals surface area contributed by atoms with E-state index in [2.05, 4.69) is 21.9 Å². The lowest BCUT2D eigenvalue weighted by molar-refractivity contribution is -0.918. The molecule has 0 spiro atoms. The molecule has 144 valence electrons. The third-order valence-corrected chi connectivity index (χ3v) is 6.56. The molecular weight excluding hydrogens is 360 g/mol. The first-order valence-corrected chi connectivity index (χ1v) is 10.5. The Labute approximate surface area is 165 Å². The highest BCUT2D eigenvalue weighted by molar-refractivity contribution is 7.99. The van der Waals surface area contributed by atoms with Crippen molar-refractivity contribution in [3.05, 3.63) is 40.6 Å². The normalized spacial score (nSPS) is 24.2. The van der Waals surface area contributed by atoms with Crippen LogP contribution in [0.4, 0.5) is 0 Å². The Morgan fingerprint density at radius 3 is 2.78 bits per heavy atom. The lowest BCUT2D eigenvalue weighted by atomic mass is 10.0. The Bertz CT molecular complexity index is 720. The van der Waals surface area contributed by atoms with Crippen molar-refractivity contribution in [2.24, 2.45) is 5.84 Å². The standard InChI is InChI=1S/C19H26N6OS/c20-11-16-2-1-3-17(10-16)13-23-6-4-19(5-7-23)25(22,26)9-8-24-15-27-14-18(24)12-21/h1-3,10,18-19H,4-9,13-15,22H2. The number of benzene rings is 1. The average molecular weight is 387 g/mol. The number of hydrogen-bond acceptors (Lipinski definition) is 7. The van der Waals surface area contributed by atoms with Crippen molar-refractivity contribution in [3.63, 3.8) is 0 Å². The predicted molar refractivity (Wildman–Crippen MR) is 106 cm³/mol. The second kappa shape index (κ2) is 9.03. The monoisotopic (exact) mass is 386 g/mol. The minimum atomic E-state index is -0.711. The summed E-state index contributed by atoms with van der Waals surface area (Å²) in [6.45, 7) is 3.36. The zero-order chi connectivity index (χ0) is 19.3. The summed E-state index contributed by atoms with van der Waals surface area (Å²) >= 11 is 1.73. The van der Waals surface area contributed by atoms with Crippen LogP contribution in [0.15, 0.2) is 24.3 Å². The highest BCUT2D eigenvalue weighted by atomic mass is 32.2. The second-order valence-electron chi connectivity index (χ2n) is 7.35. The molecule has 2 fully saturated rings. The van der Waals surface area contributed by atoms with Gasteiger partial charge < -0.3 is 5.21 Å². The summed E-state index contributed by atoms with van der Waals surface area (Å²) < 4.78 is -0.711. The minimum absolute atomic E-state index is 0.0949. The van der Waals surface area contributed by atoms with Crippen molar-refractivity contribution in [3.8, 4) is 12.1 Å². The Hall–Kier alpha value is -1.65. The van der Waals surface area contributed by atoms with E-state index < -0.39 is 4.76 Å². The third kappa shape index (κ3) is 5.20. The predicted octanol–water partition coefficient (Wildman–Crippen LogP) is 1.61. The van der Waals surface area contributed by atoms with Gasteiger partial charge in [-0.1, -0.05) is 12.1 Å². The van der Waals surface area contributed by atoms with E-state index in [1.54, 1.807) is 11.8 Å². The maximum Gasteiger partial charge on any atom is 0.109 e. The van der Waals surface area contributed by atoms with Crippen LogP contribution in [0.5, 0.6) is 0 Å². The number of piperidine rings is 1. The summed E-state index contributed by atoms with van der Waals surface area (Å²) in [5, 5.41) is 31.1. The number of nitrogens with zero attached hydrogens (tertiary/aromatic N) is 5. The first kappa shape index (κ1) is 20.1. The summed E-state index contributed by atoms with van der Waals surface area (Å²) in [5.41, 5.74) is 1.80. The number of quaternary nitrogens is 1. The van der Waals surface area contributed by atoms with E-state index in [1.165, 1.54) is 0 Å². The van der Waals surface area contributed by atoms with Gasteiger partial charge in [-0.3, -0.25) is 14.6 Å². The molecule has 2 saturated heterocycles. The quantitative estimate of drug-likeness (QED) is 0.450. The van der Waals surface area contributed by atoms with E-state index in [4.69, 9.17) is 16.4 Å². The van der Waals surface area contributed by atoms with Gasteiger partial charge in [0.2, 0.25) is 0 Å². The molecule has 1 aromatic carbocycles. The maximum atomic E-state index is 12.9. The Morgan fingerprint density at radius 1 is 1.30 bits per heavy atom. The molecule has 2 heterocycles. The second-order valence-corrected chi connectivity index (χ2v) is 8.35. The molecule has 7 nitrogen and oxygen atoms in total. The van der Waals surface area contributed by atoms with Gasteiger partial charge in [-0.2, -0.15) is 16.4 Å². The van der Waals surface area contributed by atoms with Crippen LogP contribution in [-0.4, -0.2) is 64.4 Å². The molecule has 27 heavy (non-hydrogen) atoms. The number of nitriles is 2. The Morgan fingerprint density at radius 2 is 2.07 bits per heavy atom. The molecular formula is C19H26N6OS. The first-order chi connectivity index (χ1) is 13.0. The van der Waals surface area contributed by atoms with Crippen LogP contribution in [0.1, 0.15) is 24.0 Å². The molecule has 0 radical (unpaired) electrons. The van der Waals surface area contributed by atoms with Gasteiger partial charge in [0.15, 0.2) is 0 Å². The molecule has 2 aliphatic rings. The molecule has 2 aliphatic heterocycles. The summed E-state index contributed by atoms with van der Waals surface area (Å²) in [5.74, 6) is 7.72. The van der Waals surface area contributed by atoms with Crippen LogP contribution in [0.25, 0.3) is 0 Å². The lowest BCUT2D eigenvalue weighted by Gasteiger charge is -2.47. The van der Waals surface area contributed by atoms with E-state index in [0.29, 0.717) is 18.7 Å². The van der Waals surface area contributed by atoms with E-state index >= 15 is 0 Å². The first-order valence-electron chi connectivity index (χ1n) is 9.32. The van der Waals surface area contributed by atoms with Crippen LogP contribution >= 0.6 is 11.8 Å². The van der Waals surface area contributed by atoms with Gasteiger partial charge in [-0.15, -0.1) is 11.8 Å². The van der Waals surface area contributed by atoms with Gasteiger partial charge in [0.25, 0.3) is 0 Å². The molecule has 0 aliphatic carbocycles. The van der Waals surface area contributed by atoms with Gasteiger partial charge >= 0.3 is 0 Å². The van der Waals surface area contributed by atoms with Gasteiger partial charge in [-0.25, -0.2) is 0 Å². The topological polar surface area (TPSA) is 103 Å². The molecule has 0 bridgehead atoms. The van der Waals surface area contributed by atoms with E-state index in [1.807, 2.05) is 24.3 Å². The van der Waals surface area contributed by atoms with E-state index in [0.717, 1.165) is 49.7 Å². The fourth-order valence-electron chi connectivity index (χ4n) is 3.80. The fourth-order valence-corrected chi connectivity index (χ4v) is 4.95. The summed E-state index contributed by atoms with van der Waals surface area (Å²) in [4.78, 5) is 4.37. The summed E-state index contributed by atoms with van der Waals surface area (Å²) in [6, 6.07) is 11.9. The number of thioether (sulfide) groups is 1. The molecule has 3 rings (SSSR count). The van der Waals surface area contributed by atoms with E-state index in [-0.39, 0.29) is 12.1 Å². The lowest BCUT2D eigenvalue weighted by Crippen LogP contribution is -2.61. The highest BCUT2D eigenvalue weighted by Gasteiger charge is 2.32. The Balaban J connectivity index is 1.47. The van der Waals surface area contributed by atoms with E-state index in [9.17, 15) is 5.21 Å². The molecule has 0 saturated carbocycles. The Kier molecular flexibility index (Phi) is 6.72. The molecule has 2 unspecified atom stereocenters.